The molecule has 0 aromatic heterocycles. The number of hydrogen-bond donors (Lipinski definition) is 2. The monoisotopic (exact) mass is 291 g/mol. The molecule has 1 heterocycles. The lowest BCUT2D eigenvalue weighted by atomic mass is 10.1. The number of benzene rings is 1. The number of nitrogens with one attached hydrogen (secondary N) is 1. The van der Waals surface area contributed by atoms with E-state index in [-0.39, 0.29) is 11.8 Å². The Kier molecular flexibility index (Phi) is 4.39. The van der Waals surface area contributed by atoms with Crippen LogP contribution in [0.3, 0.4) is 0 Å². The average Bonchev–Trinajstić information content (AvgIpc) is 2.78. The molecule has 0 saturated carbocycles. The molecule has 0 saturated heterocycles. The highest BCUT2D eigenvalue weighted by molar-refractivity contribution is 5.45. The first-order valence-corrected chi connectivity index (χ1v) is 6.29. The second-order valence-corrected chi connectivity index (χ2v) is 4.49. The van der Waals surface area contributed by atoms with Crippen molar-refractivity contribution in [2.24, 2.45) is 0 Å². The summed E-state index contributed by atoms with van der Waals surface area (Å²) in [4.78, 5) is 0. The number of alkyl halides is 3. The zero-order valence-corrected chi connectivity index (χ0v) is 10.9. The summed E-state index contributed by atoms with van der Waals surface area (Å²) in [5.74, 6) is 0.833. The van der Waals surface area contributed by atoms with Gasteiger partial charge in [0.15, 0.2) is 6.10 Å². The fraction of sp³-hybridized carbons (Fsp3) is 0.538. The first-order chi connectivity index (χ1) is 9.41. The molecule has 2 rings (SSSR count). The van der Waals surface area contributed by atoms with Gasteiger partial charge in [0.05, 0.1) is 6.04 Å². The second-order valence-electron chi connectivity index (χ2n) is 4.49. The third kappa shape index (κ3) is 3.34. The number of fused-ring (bicyclic) bond motifs is 1. The van der Waals surface area contributed by atoms with Crippen molar-refractivity contribution >= 4 is 0 Å². The maximum atomic E-state index is 12.1. The van der Waals surface area contributed by atoms with Crippen LogP contribution >= 0.6 is 0 Å². The zero-order valence-electron chi connectivity index (χ0n) is 10.9. The van der Waals surface area contributed by atoms with Crippen molar-refractivity contribution in [1.82, 2.24) is 5.32 Å². The lowest BCUT2D eigenvalue weighted by molar-refractivity contribution is -0.210. The second kappa shape index (κ2) is 5.88. The van der Waals surface area contributed by atoms with Crippen LogP contribution in [0.4, 0.5) is 13.2 Å². The number of aliphatic hydroxyl groups excluding tert-OH is 1. The van der Waals surface area contributed by atoms with Gasteiger partial charge in [0.2, 0.25) is 0 Å². The smallest absolute Gasteiger partial charge is 0.417 e. The van der Waals surface area contributed by atoms with E-state index < -0.39 is 18.9 Å². The van der Waals surface area contributed by atoms with Crippen LogP contribution in [0, 0.1) is 0 Å². The quantitative estimate of drug-likeness (QED) is 0.871. The largest absolute Gasteiger partial charge is 0.491 e. The van der Waals surface area contributed by atoms with Crippen molar-refractivity contribution in [1.29, 1.82) is 0 Å². The highest BCUT2D eigenvalue weighted by Crippen LogP contribution is 2.35. The van der Waals surface area contributed by atoms with Crippen LogP contribution in [-0.2, 0) is 0 Å². The summed E-state index contributed by atoms with van der Waals surface area (Å²) in [5.41, 5.74) is 0.954. The van der Waals surface area contributed by atoms with E-state index in [9.17, 15) is 13.2 Å². The van der Waals surface area contributed by atoms with Crippen molar-refractivity contribution in [3.63, 3.8) is 0 Å². The Balaban J connectivity index is 1.99. The van der Waals surface area contributed by atoms with Crippen LogP contribution in [0.2, 0.25) is 0 Å². The number of likely N-dealkylation sites (N-methyl/N-ethyl adjacent to an activating group) is 1. The molecule has 1 aromatic rings. The van der Waals surface area contributed by atoms with Gasteiger partial charge in [0, 0.05) is 11.6 Å². The van der Waals surface area contributed by atoms with Crippen molar-refractivity contribution in [2.45, 2.75) is 25.2 Å². The van der Waals surface area contributed by atoms with E-state index in [0.29, 0.717) is 12.4 Å². The summed E-state index contributed by atoms with van der Waals surface area (Å²) in [5, 5.41) is 12.1. The van der Waals surface area contributed by atoms with Gasteiger partial charge < -0.3 is 19.9 Å². The van der Waals surface area contributed by atoms with Crippen molar-refractivity contribution < 1.29 is 27.8 Å². The maximum absolute atomic E-state index is 12.1. The fourth-order valence-electron chi connectivity index (χ4n) is 1.97. The summed E-state index contributed by atoms with van der Waals surface area (Å²) >= 11 is 0. The molecule has 1 aliphatic heterocycles. The molecule has 0 fully saturated rings. The van der Waals surface area contributed by atoms with Crippen LogP contribution in [0.5, 0.6) is 11.5 Å². The molecule has 0 spiro atoms. The normalized spacial score (nSPS) is 19.4. The third-order valence-corrected chi connectivity index (χ3v) is 3.00. The van der Waals surface area contributed by atoms with Gasteiger partial charge in [-0.25, -0.2) is 0 Å². The molecule has 112 valence electrons. The molecular weight excluding hydrogens is 275 g/mol. The van der Waals surface area contributed by atoms with Gasteiger partial charge in [-0.15, -0.1) is 0 Å². The van der Waals surface area contributed by atoms with Crippen LogP contribution in [0.25, 0.3) is 0 Å². The van der Waals surface area contributed by atoms with Crippen LogP contribution in [-0.4, -0.2) is 37.1 Å². The Morgan fingerprint density at radius 1 is 1.50 bits per heavy atom. The molecule has 0 radical (unpaired) electrons. The summed E-state index contributed by atoms with van der Waals surface area (Å²) < 4.78 is 46.8. The lowest BCUT2D eigenvalue weighted by Gasteiger charge is -2.15. The average molecular weight is 291 g/mol. The molecule has 2 unspecified atom stereocenters. The Morgan fingerprint density at radius 2 is 2.25 bits per heavy atom. The topological polar surface area (TPSA) is 50.7 Å². The molecule has 20 heavy (non-hydrogen) atoms. The fourth-order valence-corrected chi connectivity index (χ4v) is 1.97. The summed E-state index contributed by atoms with van der Waals surface area (Å²) in [6.45, 7) is 2.42. The van der Waals surface area contributed by atoms with Gasteiger partial charge in [0.1, 0.15) is 24.7 Å². The van der Waals surface area contributed by atoms with Gasteiger partial charge in [-0.1, -0.05) is 6.92 Å². The molecule has 0 aliphatic carbocycles. The Labute approximate surface area is 114 Å². The molecule has 2 atom stereocenters. The predicted octanol–water partition coefficient (Wildman–Crippen LogP) is 2.03. The van der Waals surface area contributed by atoms with E-state index in [1.165, 1.54) is 6.07 Å². The van der Waals surface area contributed by atoms with E-state index in [1.54, 1.807) is 12.1 Å². The standard InChI is InChI=1S/C13H16F3NO3/c1-2-17-10-6-20-11-5-8(3-4-9(10)11)19-7-12(18)13(14,15)16/h3-5,10,12,17-18H,2,6-7H2,1H3. The van der Waals surface area contributed by atoms with Crippen LogP contribution in [0.15, 0.2) is 18.2 Å². The molecule has 0 bridgehead atoms. The predicted molar refractivity (Wildman–Crippen MR) is 65.9 cm³/mol. The van der Waals surface area contributed by atoms with Crippen LogP contribution in [0.1, 0.15) is 18.5 Å². The molecule has 4 nitrogen and oxygen atoms in total. The van der Waals surface area contributed by atoms with E-state index in [4.69, 9.17) is 14.6 Å². The van der Waals surface area contributed by atoms with Gasteiger partial charge in [-0.3, -0.25) is 0 Å². The minimum Gasteiger partial charge on any atom is -0.491 e. The highest BCUT2D eigenvalue weighted by atomic mass is 19.4. The van der Waals surface area contributed by atoms with Crippen molar-refractivity contribution in [2.75, 3.05) is 19.8 Å². The summed E-state index contributed by atoms with van der Waals surface area (Å²) in [6.07, 6.45) is -7.17. The van der Waals surface area contributed by atoms with E-state index >= 15 is 0 Å². The van der Waals surface area contributed by atoms with Gasteiger partial charge in [-0.05, 0) is 18.7 Å². The minimum atomic E-state index is -4.68. The Hall–Kier alpha value is -1.47. The molecule has 1 aliphatic rings. The van der Waals surface area contributed by atoms with Crippen molar-refractivity contribution in [3.8, 4) is 11.5 Å². The molecule has 1 aromatic carbocycles. The number of ether oxygens (including phenoxy) is 2. The summed E-state index contributed by atoms with van der Waals surface area (Å²) in [6, 6.07) is 4.95. The third-order valence-electron chi connectivity index (χ3n) is 3.00. The summed E-state index contributed by atoms with van der Waals surface area (Å²) in [7, 11) is 0. The SMILES string of the molecule is CCNC1COc2cc(OCC(O)C(F)(F)F)ccc21. The van der Waals surface area contributed by atoms with Gasteiger partial charge in [-0.2, -0.15) is 13.2 Å². The van der Waals surface area contributed by atoms with E-state index in [2.05, 4.69) is 5.32 Å². The molecule has 7 heteroatoms. The van der Waals surface area contributed by atoms with E-state index in [1.807, 2.05) is 6.92 Å². The number of aliphatic hydroxyl groups is 1. The van der Waals surface area contributed by atoms with Crippen LogP contribution < -0.4 is 14.8 Å². The first kappa shape index (κ1) is 14.9. The van der Waals surface area contributed by atoms with Gasteiger partial charge >= 0.3 is 6.18 Å². The Morgan fingerprint density at radius 3 is 2.90 bits per heavy atom. The first-order valence-electron chi connectivity index (χ1n) is 6.29. The number of rotatable bonds is 5. The maximum Gasteiger partial charge on any atom is 0.417 e. The minimum absolute atomic E-state index is 0.0878. The van der Waals surface area contributed by atoms with E-state index in [0.717, 1.165) is 12.1 Å². The zero-order chi connectivity index (χ0) is 14.8. The lowest BCUT2D eigenvalue weighted by Crippen LogP contribution is -2.34. The number of hydrogen-bond acceptors (Lipinski definition) is 4. The molecular formula is C13H16F3NO3. The Bertz CT molecular complexity index is 465. The van der Waals surface area contributed by atoms with Crippen molar-refractivity contribution in [3.05, 3.63) is 23.8 Å². The molecule has 2 N–H and O–H groups in total. The highest BCUT2D eigenvalue weighted by Gasteiger charge is 2.38. The van der Waals surface area contributed by atoms with Gasteiger partial charge in [0.25, 0.3) is 0 Å². The molecule has 0 amide bonds. The number of halogens is 3.